The number of nitrogens with two attached hydrogens (primary N) is 1. The van der Waals surface area contributed by atoms with Gasteiger partial charge in [-0.25, -0.2) is 0 Å². The lowest BCUT2D eigenvalue weighted by molar-refractivity contribution is -0.0432. The van der Waals surface area contributed by atoms with Crippen molar-refractivity contribution < 1.29 is 9.47 Å². The number of rotatable bonds is 6. The molecule has 2 N–H and O–H groups in total. The number of hydrogen-bond acceptors (Lipinski definition) is 3. The molecule has 102 valence electrons. The molecule has 0 saturated heterocycles. The SMILES string of the molecule is CC(C)OCCOC1CC(C(C)C)CCC1N. The standard InChI is InChI=1S/C14H29NO2/c1-10(2)12-5-6-13(15)14(9-12)17-8-7-16-11(3)4/h10-14H,5-9,15H2,1-4H3. The van der Waals surface area contributed by atoms with E-state index < -0.39 is 0 Å². The Morgan fingerprint density at radius 3 is 2.41 bits per heavy atom. The molecule has 0 aromatic heterocycles. The van der Waals surface area contributed by atoms with Crippen LogP contribution in [0.5, 0.6) is 0 Å². The molecule has 3 heteroatoms. The second-order valence-corrected chi connectivity index (χ2v) is 5.81. The van der Waals surface area contributed by atoms with Crippen LogP contribution in [0.15, 0.2) is 0 Å². The molecule has 1 saturated carbocycles. The molecule has 0 spiro atoms. The summed E-state index contributed by atoms with van der Waals surface area (Å²) in [6.07, 6.45) is 3.97. The average molecular weight is 243 g/mol. The van der Waals surface area contributed by atoms with Crippen molar-refractivity contribution in [3.05, 3.63) is 0 Å². The summed E-state index contributed by atoms with van der Waals surface area (Å²) in [5.74, 6) is 1.51. The Morgan fingerprint density at radius 1 is 1.12 bits per heavy atom. The van der Waals surface area contributed by atoms with E-state index in [2.05, 4.69) is 13.8 Å². The Labute approximate surface area is 106 Å². The molecule has 0 aromatic carbocycles. The highest BCUT2D eigenvalue weighted by Crippen LogP contribution is 2.30. The van der Waals surface area contributed by atoms with Crippen molar-refractivity contribution in [3.63, 3.8) is 0 Å². The Kier molecular flexibility index (Phi) is 6.45. The molecule has 1 aliphatic carbocycles. The Morgan fingerprint density at radius 2 is 1.82 bits per heavy atom. The van der Waals surface area contributed by atoms with Crippen molar-refractivity contribution in [3.8, 4) is 0 Å². The summed E-state index contributed by atoms with van der Waals surface area (Å²) >= 11 is 0. The highest BCUT2D eigenvalue weighted by atomic mass is 16.5. The van der Waals surface area contributed by atoms with Crippen molar-refractivity contribution in [1.82, 2.24) is 0 Å². The lowest BCUT2D eigenvalue weighted by Crippen LogP contribution is -2.43. The highest BCUT2D eigenvalue weighted by molar-refractivity contribution is 4.84. The Hall–Kier alpha value is -0.120. The zero-order valence-corrected chi connectivity index (χ0v) is 11.8. The van der Waals surface area contributed by atoms with E-state index in [-0.39, 0.29) is 18.2 Å². The van der Waals surface area contributed by atoms with Gasteiger partial charge in [-0.1, -0.05) is 13.8 Å². The predicted molar refractivity (Wildman–Crippen MR) is 71.0 cm³/mol. The number of ether oxygens (including phenoxy) is 2. The third-order valence-electron chi connectivity index (χ3n) is 3.69. The molecule has 0 amide bonds. The van der Waals surface area contributed by atoms with E-state index in [4.69, 9.17) is 15.2 Å². The van der Waals surface area contributed by atoms with E-state index in [1.807, 2.05) is 13.8 Å². The summed E-state index contributed by atoms with van der Waals surface area (Å²) in [7, 11) is 0. The van der Waals surface area contributed by atoms with Gasteiger partial charge in [0.1, 0.15) is 0 Å². The van der Waals surface area contributed by atoms with Crippen LogP contribution < -0.4 is 5.73 Å². The molecule has 17 heavy (non-hydrogen) atoms. The van der Waals surface area contributed by atoms with Gasteiger partial charge in [0.05, 0.1) is 25.4 Å². The summed E-state index contributed by atoms with van der Waals surface area (Å²) in [6.45, 7) is 10.0. The third kappa shape index (κ3) is 5.36. The van der Waals surface area contributed by atoms with Crippen molar-refractivity contribution in [2.24, 2.45) is 17.6 Å². The molecule has 1 fully saturated rings. The maximum atomic E-state index is 6.12. The summed E-state index contributed by atoms with van der Waals surface area (Å²) in [5, 5.41) is 0. The molecule has 0 aromatic rings. The third-order valence-corrected chi connectivity index (χ3v) is 3.69. The van der Waals surface area contributed by atoms with Crippen LogP contribution in [-0.4, -0.2) is 31.5 Å². The first-order chi connectivity index (χ1) is 8.00. The fourth-order valence-corrected chi connectivity index (χ4v) is 2.46. The van der Waals surface area contributed by atoms with Crippen LogP contribution >= 0.6 is 0 Å². The van der Waals surface area contributed by atoms with Crippen LogP contribution in [0.3, 0.4) is 0 Å². The fourth-order valence-electron chi connectivity index (χ4n) is 2.46. The molecule has 0 bridgehead atoms. The van der Waals surface area contributed by atoms with Gasteiger partial charge < -0.3 is 15.2 Å². The van der Waals surface area contributed by atoms with E-state index in [9.17, 15) is 0 Å². The Balaban J connectivity index is 2.25. The lowest BCUT2D eigenvalue weighted by Gasteiger charge is -2.35. The smallest absolute Gasteiger partial charge is 0.0729 e. The zero-order chi connectivity index (χ0) is 12.8. The minimum absolute atomic E-state index is 0.212. The maximum Gasteiger partial charge on any atom is 0.0729 e. The van der Waals surface area contributed by atoms with E-state index in [0.29, 0.717) is 13.2 Å². The van der Waals surface area contributed by atoms with Gasteiger partial charge in [0.25, 0.3) is 0 Å². The summed E-state index contributed by atoms with van der Waals surface area (Å²) < 4.78 is 11.4. The Bertz CT molecular complexity index is 206. The molecule has 3 nitrogen and oxygen atoms in total. The highest BCUT2D eigenvalue weighted by Gasteiger charge is 2.30. The van der Waals surface area contributed by atoms with E-state index in [1.165, 1.54) is 6.42 Å². The molecule has 1 rings (SSSR count). The van der Waals surface area contributed by atoms with Crippen LogP contribution in [-0.2, 0) is 9.47 Å². The van der Waals surface area contributed by atoms with Crippen LogP contribution in [0.4, 0.5) is 0 Å². The normalized spacial score (nSPS) is 30.2. The monoisotopic (exact) mass is 243 g/mol. The van der Waals surface area contributed by atoms with Gasteiger partial charge in [-0.15, -0.1) is 0 Å². The van der Waals surface area contributed by atoms with E-state index >= 15 is 0 Å². The molecular weight excluding hydrogens is 214 g/mol. The maximum absolute atomic E-state index is 6.12. The van der Waals surface area contributed by atoms with E-state index in [1.54, 1.807) is 0 Å². The second-order valence-electron chi connectivity index (χ2n) is 5.81. The van der Waals surface area contributed by atoms with Gasteiger partial charge in [0.2, 0.25) is 0 Å². The van der Waals surface area contributed by atoms with Crippen LogP contribution in [0.25, 0.3) is 0 Å². The minimum atomic E-state index is 0.212. The van der Waals surface area contributed by atoms with Gasteiger partial charge in [0.15, 0.2) is 0 Å². The average Bonchev–Trinajstić information content (AvgIpc) is 2.25. The quantitative estimate of drug-likeness (QED) is 0.729. The molecule has 3 unspecified atom stereocenters. The first-order valence-electron chi connectivity index (χ1n) is 6.99. The summed E-state index contributed by atoms with van der Waals surface area (Å²) in [4.78, 5) is 0. The largest absolute Gasteiger partial charge is 0.376 e. The van der Waals surface area contributed by atoms with Crippen LogP contribution in [0, 0.1) is 11.8 Å². The molecule has 0 heterocycles. The first-order valence-corrected chi connectivity index (χ1v) is 6.99. The predicted octanol–water partition coefficient (Wildman–Crippen LogP) is 2.58. The van der Waals surface area contributed by atoms with Crippen molar-refractivity contribution in [2.75, 3.05) is 13.2 Å². The molecular formula is C14H29NO2. The van der Waals surface area contributed by atoms with Crippen molar-refractivity contribution in [1.29, 1.82) is 0 Å². The second kappa shape index (κ2) is 7.34. The van der Waals surface area contributed by atoms with Crippen molar-refractivity contribution >= 4 is 0 Å². The van der Waals surface area contributed by atoms with Gasteiger partial charge >= 0.3 is 0 Å². The van der Waals surface area contributed by atoms with Crippen molar-refractivity contribution in [2.45, 2.75) is 65.2 Å². The van der Waals surface area contributed by atoms with Crippen LogP contribution in [0.1, 0.15) is 47.0 Å². The van der Waals surface area contributed by atoms with E-state index in [0.717, 1.165) is 24.7 Å². The molecule has 0 radical (unpaired) electrons. The first kappa shape index (κ1) is 14.9. The van der Waals surface area contributed by atoms with Crippen LogP contribution in [0.2, 0.25) is 0 Å². The van der Waals surface area contributed by atoms with Gasteiger partial charge in [-0.05, 0) is 44.9 Å². The van der Waals surface area contributed by atoms with Gasteiger partial charge in [-0.2, -0.15) is 0 Å². The topological polar surface area (TPSA) is 44.5 Å². The molecule has 0 aliphatic heterocycles. The molecule has 1 aliphatic rings. The summed E-state index contributed by atoms with van der Waals surface area (Å²) in [6, 6.07) is 0.212. The van der Waals surface area contributed by atoms with Gasteiger partial charge in [-0.3, -0.25) is 0 Å². The zero-order valence-electron chi connectivity index (χ0n) is 11.8. The van der Waals surface area contributed by atoms with Gasteiger partial charge in [0, 0.05) is 6.04 Å². The minimum Gasteiger partial charge on any atom is -0.376 e. The molecule has 3 atom stereocenters. The fraction of sp³-hybridized carbons (Fsp3) is 1.00. The summed E-state index contributed by atoms with van der Waals surface area (Å²) in [5.41, 5.74) is 6.12. The number of hydrogen-bond donors (Lipinski definition) is 1. The lowest BCUT2D eigenvalue weighted by atomic mass is 9.78.